The molecule has 0 atom stereocenters. The van der Waals surface area contributed by atoms with Crippen LogP contribution in [0.5, 0.6) is 5.75 Å². The maximum atomic E-state index is 5.34. The van der Waals surface area contributed by atoms with Gasteiger partial charge in [-0.3, -0.25) is 4.90 Å². The molecule has 1 saturated heterocycles. The van der Waals surface area contributed by atoms with Gasteiger partial charge in [-0.15, -0.1) is 0 Å². The summed E-state index contributed by atoms with van der Waals surface area (Å²) < 4.78 is 5.34. The van der Waals surface area contributed by atoms with Gasteiger partial charge in [0.05, 0.1) is 7.11 Å². The van der Waals surface area contributed by atoms with Gasteiger partial charge in [0.2, 0.25) is 0 Å². The normalized spacial score (nSPS) is 15.9. The minimum atomic E-state index is 0.902. The maximum Gasteiger partial charge on any atom is 0.119 e. The van der Waals surface area contributed by atoms with Gasteiger partial charge in [0.15, 0.2) is 0 Å². The summed E-state index contributed by atoms with van der Waals surface area (Å²) in [6, 6.07) is 16.9. The highest BCUT2D eigenvalue weighted by atomic mass is 16.5. The van der Waals surface area contributed by atoms with Crippen LogP contribution >= 0.6 is 0 Å². The predicted molar refractivity (Wildman–Crippen MR) is 85.6 cm³/mol. The molecule has 0 aliphatic carbocycles. The fraction of sp³-hybridized carbons (Fsp3) is 0.333. The fourth-order valence-corrected chi connectivity index (χ4v) is 2.78. The average Bonchev–Trinajstić information content (AvgIpc) is 2.56. The predicted octanol–water partition coefficient (Wildman–Crippen LogP) is 2.78. The average molecular weight is 281 g/mol. The Kier molecular flexibility index (Phi) is 4.53. The van der Waals surface area contributed by atoms with Crippen LogP contribution in [0.25, 0.3) is 11.1 Å². The molecule has 3 rings (SSSR count). The summed E-state index contributed by atoms with van der Waals surface area (Å²) in [5.41, 5.74) is 3.87. The van der Waals surface area contributed by atoms with Gasteiger partial charge >= 0.3 is 0 Å². The first-order valence-corrected chi connectivity index (χ1v) is 7.45. The highest BCUT2D eigenvalue weighted by molar-refractivity contribution is 5.68. The number of nitrogens with zero attached hydrogens (tertiary/aromatic N) is 2. The first-order chi connectivity index (χ1) is 10.4. The van der Waals surface area contributed by atoms with Crippen molar-refractivity contribution in [1.29, 1.82) is 0 Å². The summed E-state index contributed by atoms with van der Waals surface area (Å²) in [7, 11) is 1.71. The lowest BCUT2D eigenvalue weighted by molar-refractivity contribution is 0.231. The third-order valence-electron chi connectivity index (χ3n) is 3.94. The summed E-state index contributed by atoms with van der Waals surface area (Å²) in [5, 5.41) is 4.41. The maximum absolute atomic E-state index is 5.34. The summed E-state index contributed by atoms with van der Waals surface area (Å²) in [6.45, 7) is 5.03. The lowest BCUT2D eigenvalue weighted by Crippen LogP contribution is -2.39. The minimum absolute atomic E-state index is 0.902. The summed E-state index contributed by atoms with van der Waals surface area (Å²) in [5.74, 6) is 0.902. The van der Waals surface area contributed by atoms with Crippen LogP contribution in [0.1, 0.15) is 5.56 Å². The standard InChI is InChI=1S/C18H21N2O/c1-21-17-7-4-6-15(13-17)18-8-3-2-5-16(18)14-20-11-9-19-10-12-20/h2-8,13H,9-12,14H2,1H3. The zero-order valence-corrected chi connectivity index (χ0v) is 12.5. The molecule has 2 aromatic rings. The van der Waals surface area contributed by atoms with E-state index in [9.17, 15) is 0 Å². The van der Waals surface area contributed by atoms with Crippen LogP contribution in [0.15, 0.2) is 48.5 Å². The van der Waals surface area contributed by atoms with E-state index in [0.717, 1.165) is 38.5 Å². The van der Waals surface area contributed by atoms with E-state index in [1.54, 1.807) is 7.11 Å². The minimum Gasteiger partial charge on any atom is -0.497 e. The molecular formula is C18H21N2O. The number of rotatable bonds is 4. The van der Waals surface area contributed by atoms with Crippen molar-refractivity contribution < 1.29 is 4.74 Å². The van der Waals surface area contributed by atoms with E-state index in [-0.39, 0.29) is 0 Å². The van der Waals surface area contributed by atoms with Gasteiger partial charge in [0.25, 0.3) is 0 Å². The third-order valence-corrected chi connectivity index (χ3v) is 3.94. The van der Waals surface area contributed by atoms with E-state index in [1.807, 2.05) is 12.1 Å². The Hall–Kier alpha value is -1.84. The van der Waals surface area contributed by atoms with Gasteiger partial charge in [-0.25, -0.2) is 5.32 Å². The number of hydrogen-bond donors (Lipinski definition) is 0. The van der Waals surface area contributed by atoms with Crippen LogP contribution < -0.4 is 10.1 Å². The Morgan fingerprint density at radius 3 is 2.67 bits per heavy atom. The Bertz CT molecular complexity index is 591. The van der Waals surface area contributed by atoms with Crippen molar-refractivity contribution in [1.82, 2.24) is 10.2 Å². The Balaban J connectivity index is 1.87. The molecule has 0 amide bonds. The van der Waals surface area contributed by atoms with Crippen molar-refractivity contribution in [3.63, 3.8) is 0 Å². The van der Waals surface area contributed by atoms with Crippen molar-refractivity contribution in [2.24, 2.45) is 0 Å². The molecular weight excluding hydrogens is 260 g/mol. The highest BCUT2D eigenvalue weighted by Gasteiger charge is 2.13. The molecule has 0 spiro atoms. The molecule has 1 fully saturated rings. The van der Waals surface area contributed by atoms with Crippen LogP contribution in [0, 0.1) is 0 Å². The number of piperazine rings is 1. The summed E-state index contributed by atoms with van der Waals surface area (Å²) in [4.78, 5) is 2.48. The van der Waals surface area contributed by atoms with Crippen molar-refractivity contribution in [3.8, 4) is 16.9 Å². The van der Waals surface area contributed by atoms with Crippen LogP contribution in [0.2, 0.25) is 0 Å². The van der Waals surface area contributed by atoms with Gasteiger partial charge in [0, 0.05) is 32.7 Å². The molecule has 1 aliphatic heterocycles. The van der Waals surface area contributed by atoms with Crippen LogP contribution in [0.3, 0.4) is 0 Å². The fourth-order valence-electron chi connectivity index (χ4n) is 2.78. The molecule has 109 valence electrons. The van der Waals surface area contributed by atoms with Gasteiger partial charge in [0.1, 0.15) is 5.75 Å². The molecule has 2 aromatic carbocycles. The summed E-state index contributed by atoms with van der Waals surface area (Å²) in [6.07, 6.45) is 0. The first-order valence-electron chi connectivity index (χ1n) is 7.45. The molecule has 0 saturated carbocycles. The van der Waals surface area contributed by atoms with E-state index >= 15 is 0 Å². The molecule has 1 heterocycles. The zero-order valence-electron chi connectivity index (χ0n) is 12.5. The molecule has 21 heavy (non-hydrogen) atoms. The molecule has 1 aliphatic rings. The lowest BCUT2D eigenvalue weighted by Gasteiger charge is -2.27. The molecule has 0 N–H and O–H groups in total. The third kappa shape index (κ3) is 3.43. The second kappa shape index (κ2) is 6.74. The molecule has 0 bridgehead atoms. The van der Waals surface area contributed by atoms with E-state index in [4.69, 9.17) is 4.74 Å². The van der Waals surface area contributed by atoms with E-state index in [0.29, 0.717) is 0 Å². The van der Waals surface area contributed by atoms with E-state index in [2.05, 4.69) is 46.6 Å². The Morgan fingerprint density at radius 1 is 1.05 bits per heavy atom. The van der Waals surface area contributed by atoms with Crippen molar-refractivity contribution in [3.05, 3.63) is 54.1 Å². The lowest BCUT2D eigenvalue weighted by atomic mass is 9.99. The number of benzene rings is 2. The second-order valence-electron chi connectivity index (χ2n) is 5.34. The first kappa shape index (κ1) is 14.1. The van der Waals surface area contributed by atoms with Crippen LogP contribution in [-0.4, -0.2) is 38.2 Å². The molecule has 0 aromatic heterocycles. The Morgan fingerprint density at radius 2 is 1.86 bits per heavy atom. The zero-order chi connectivity index (χ0) is 14.5. The monoisotopic (exact) mass is 281 g/mol. The number of methoxy groups -OCH3 is 1. The van der Waals surface area contributed by atoms with Crippen LogP contribution in [-0.2, 0) is 6.54 Å². The largest absolute Gasteiger partial charge is 0.497 e. The van der Waals surface area contributed by atoms with Crippen molar-refractivity contribution in [2.45, 2.75) is 6.54 Å². The van der Waals surface area contributed by atoms with E-state index in [1.165, 1.54) is 16.7 Å². The highest BCUT2D eigenvalue weighted by Crippen LogP contribution is 2.27. The SMILES string of the molecule is COc1cccc(-c2ccccc2CN2CC[N]CC2)c1. The van der Waals surface area contributed by atoms with Gasteiger partial charge in [-0.05, 0) is 28.8 Å². The van der Waals surface area contributed by atoms with Gasteiger partial charge < -0.3 is 4.74 Å². The van der Waals surface area contributed by atoms with E-state index < -0.39 is 0 Å². The second-order valence-corrected chi connectivity index (χ2v) is 5.34. The van der Waals surface area contributed by atoms with Crippen LogP contribution in [0.4, 0.5) is 0 Å². The number of hydrogen-bond acceptors (Lipinski definition) is 2. The Labute approximate surface area is 126 Å². The quantitative estimate of drug-likeness (QED) is 0.861. The summed E-state index contributed by atoms with van der Waals surface area (Å²) >= 11 is 0. The topological polar surface area (TPSA) is 26.6 Å². The van der Waals surface area contributed by atoms with Crippen molar-refractivity contribution >= 4 is 0 Å². The molecule has 0 unspecified atom stereocenters. The smallest absolute Gasteiger partial charge is 0.119 e. The van der Waals surface area contributed by atoms with Gasteiger partial charge in [-0.1, -0.05) is 36.4 Å². The molecule has 3 nitrogen and oxygen atoms in total. The van der Waals surface area contributed by atoms with Crippen molar-refractivity contribution in [2.75, 3.05) is 33.3 Å². The number of ether oxygens (including phenoxy) is 1. The van der Waals surface area contributed by atoms with Gasteiger partial charge in [-0.2, -0.15) is 0 Å². The molecule has 3 heteroatoms. The molecule has 1 radical (unpaired) electrons.